The first-order valence-corrected chi connectivity index (χ1v) is 8.82. The predicted octanol–water partition coefficient (Wildman–Crippen LogP) is 3.98. The maximum Gasteiger partial charge on any atom is 0.255 e. The zero-order valence-electron chi connectivity index (χ0n) is 15.3. The summed E-state index contributed by atoms with van der Waals surface area (Å²) in [4.78, 5) is 23.5. The fraction of sp³-hybridized carbons (Fsp3) is 0.136. The van der Waals surface area contributed by atoms with E-state index < -0.39 is 0 Å². The summed E-state index contributed by atoms with van der Waals surface area (Å²) in [5.41, 5.74) is 5.36. The van der Waals surface area contributed by atoms with Crippen LogP contribution in [-0.4, -0.2) is 32.2 Å². The van der Waals surface area contributed by atoms with Gasteiger partial charge in [0.2, 0.25) is 0 Å². The van der Waals surface area contributed by atoms with E-state index in [0.29, 0.717) is 12.1 Å². The molecule has 0 N–H and O–H groups in total. The maximum absolute atomic E-state index is 12.8. The predicted molar refractivity (Wildman–Crippen MR) is 105 cm³/mol. The number of aromatic nitrogens is 3. The van der Waals surface area contributed by atoms with E-state index in [9.17, 15) is 4.79 Å². The van der Waals surface area contributed by atoms with Crippen molar-refractivity contribution in [2.24, 2.45) is 0 Å². The molecular weight excluding hydrogens is 336 g/mol. The number of nitrogens with zero attached hydrogens (tertiary/aromatic N) is 4. The van der Waals surface area contributed by atoms with Crippen molar-refractivity contribution >= 4 is 11.6 Å². The van der Waals surface area contributed by atoms with Gasteiger partial charge in [-0.05, 0) is 30.7 Å². The standard InChI is InChI=1S/C22H20N4O/c1-16-7-6-12-23-19(16)14-25(2)22(27)18-10-11-21-24-20(15-26(21)13-18)17-8-4-3-5-9-17/h3-13,15H,14H2,1-2H3. The summed E-state index contributed by atoms with van der Waals surface area (Å²) in [7, 11) is 1.80. The van der Waals surface area contributed by atoms with E-state index in [2.05, 4.69) is 9.97 Å². The van der Waals surface area contributed by atoms with Gasteiger partial charge in [-0.15, -0.1) is 0 Å². The zero-order valence-corrected chi connectivity index (χ0v) is 15.3. The second-order valence-corrected chi connectivity index (χ2v) is 6.60. The van der Waals surface area contributed by atoms with Gasteiger partial charge in [0.25, 0.3) is 5.91 Å². The Balaban J connectivity index is 1.59. The van der Waals surface area contributed by atoms with E-state index in [1.807, 2.05) is 78.3 Å². The third-order valence-electron chi connectivity index (χ3n) is 4.62. The first-order chi connectivity index (χ1) is 13.1. The Hall–Kier alpha value is -3.47. The molecule has 0 saturated carbocycles. The highest BCUT2D eigenvalue weighted by Gasteiger charge is 2.15. The number of hydrogen-bond donors (Lipinski definition) is 0. The van der Waals surface area contributed by atoms with Crippen LogP contribution >= 0.6 is 0 Å². The Morgan fingerprint density at radius 1 is 1.04 bits per heavy atom. The van der Waals surface area contributed by atoms with E-state index >= 15 is 0 Å². The minimum atomic E-state index is -0.0445. The summed E-state index contributed by atoms with van der Waals surface area (Å²) in [6.07, 6.45) is 5.53. The smallest absolute Gasteiger partial charge is 0.255 e. The van der Waals surface area contributed by atoms with Crippen molar-refractivity contribution in [1.82, 2.24) is 19.3 Å². The topological polar surface area (TPSA) is 50.5 Å². The van der Waals surface area contributed by atoms with Crippen LogP contribution in [0, 0.1) is 6.92 Å². The molecule has 27 heavy (non-hydrogen) atoms. The van der Waals surface area contributed by atoms with E-state index in [1.54, 1.807) is 18.1 Å². The molecule has 3 aromatic heterocycles. The highest BCUT2D eigenvalue weighted by Crippen LogP contribution is 2.19. The molecule has 5 nitrogen and oxygen atoms in total. The lowest BCUT2D eigenvalue weighted by molar-refractivity contribution is 0.0782. The van der Waals surface area contributed by atoms with Gasteiger partial charge in [-0.1, -0.05) is 36.4 Å². The van der Waals surface area contributed by atoms with Gasteiger partial charge in [0.15, 0.2) is 0 Å². The van der Waals surface area contributed by atoms with Crippen LogP contribution in [-0.2, 0) is 6.54 Å². The van der Waals surface area contributed by atoms with E-state index in [4.69, 9.17) is 0 Å². The zero-order chi connectivity index (χ0) is 18.8. The lowest BCUT2D eigenvalue weighted by Crippen LogP contribution is -2.27. The van der Waals surface area contributed by atoms with Crippen LogP contribution in [0.2, 0.25) is 0 Å². The molecule has 0 unspecified atom stereocenters. The fourth-order valence-electron chi connectivity index (χ4n) is 3.07. The summed E-state index contributed by atoms with van der Waals surface area (Å²) in [6.45, 7) is 2.48. The number of imidazole rings is 1. The molecular formula is C22H20N4O. The van der Waals surface area contributed by atoms with Gasteiger partial charge in [0.1, 0.15) is 5.65 Å². The van der Waals surface area contributed by atoms with Crippen molar-refractivity contribution < 1.29 is 4.79 Å². The number of hydrogen-bond acceptors (Lipinski definition) is 3. The van der Waals surface area contributed by atoms with Gasteiger partial charge in [-0.3, -0.25) is 9.78 Å². The molecule has 0 aliphatic heterocycles. The Morgan fingerprint density at radius 2 is 1.85 bits per heavy atom. The maximum atomic E-state index is 12.8. The Kier molecular flexibility index (Phi) is 4.42. The molecule has 1 amide bonds. The van der Waals surface area contributed by atoms with Crippen molar-refractivity contribution in [2.45, 2.75) is 13.5 Å². The first-order valence-electron chi connectivity index (χ1n) is 8.82. The first kappa shape index (κ1) is 17.0. The fourth-order valence-corrected chi connectivity index (χ4v) is 3.07. The Labute approximate surface area is 157 Å². The van der Waals surface area contributed by atoms with Crippen molar-refractivity contribution in [2.75, 3.05) is 7.05 Å². The Bertz CT molecular complexity index is 1100. The molecule has 3 heterocycles. The summed E-state index contributed by atoms with van der Waals surface area (Å²) in [5.74, 6) is -0.0445. The van der Waals surface area contributed by atoms with Gasteiger partial charge >= 0.3 is 0 Å². The van der Waals surface area contributed by atoms with Crippen LogP contribution in [0.25, 0.3) is 16.9 Å². The van der Waals surface area contributed by atoms with E-state index in [1.165, 1.54) is 0 Å². The van der Waals surface area contributed by atoms with Crippen molar-refractivity contribution in [3.63, 3.8) is 0 Å². The summed E-state index contributed by atoms with van der Waals surface area (Å²) in [6, 6.07) is 17.6. The van der Waals surface area contributed by atoms with Gasteiger partial charge < -0.3 is 9.30 Å². The molecule has 5 heteroatoms. The second kappa shape index (κ2) is 7.03. The third kappa shape index (κ3) is 3.44. The summed E-state index contributed by atoms with van der Waals surface area (Å²) < 4.78 is 1.90. The average Bonchev–Trinajstić information content (AvgIpc) is 3.13. The number of amides is 1. The molecule has 0 aliphatic carbocycles. The van der Waals surface area contributed by atoms with Crippen LogP contribution in [0.5, 0.6) is 0 Å². The number of carbonyl (C=O) groups excluding carboxylic acids is 1. The largest absolute Gasteiger partial charge is 0.336 e. The minimum absolute atomic E-state index is 0.0445. The minimum Gasteiger partial charge on any atom is -0.336 e. The van der Waals surface area contributed by atoms with Crippen molar-refractivity contribution in [1.29, 1.82) is 0 Å². The quantitative estimate of drug-likeness (QED) is 0.556. The van der Waals surface area contributed by atoms with E-state index in [-0.39, 0.29) is 5.91 Å². The lowest BCUT2D eigenvalue weighted by Gasteiger charge is -2.18. The van der Waals surface area contributed by atoms with Gasteiger partial charge in [-0.25, -0.2) is 4.98 Å². The van der Waals surface area contributed by atoms with Crippen molar-refractivity contribution in [3.05, 3.63) is 90.0 Å². The van der Waals surface area contributed by atoms with Crippen molar-refractivity contribution in [3.8, 4) is 11.3 Å². The molecule has 1 aromatic carbocycles. The highest BCUT2D eigenvalue weighted by molar-refractivity contribution is 5.94. The third-order valence-corrected chi connectivity index (χ3v) is 4.62. The second-order valence-electron chi connectivity index (χ2n) is 6.60. The number of benzene rings is 1. The number of rotatable bonds is 4. The lowest BCUT2D eigenvalue weighted by atomic mass is 10.2. The van der Waals surface area contributed by atoms with E-state index in [0.717, 1.165) is 28.2 Å². The molecule has 4 rings (SSSR count). The van der Waals surface area contributed by atoms with Crippen LogP contribution in [0.15, 0.2) is 73.2 Å². The number of carbonyl (C=O) groups is 1. The summed E-state index contributed by atoms with van der Waals surface area (Å²) in [5, 5.41) is 0. The number of aryl methyl sites for hydroxylation is 1. The Morgan fingerprint density at radius 3 is 2.63 bits per heavy atom. The number of pyridine rings is 2. The molecule has 4 aromatic rings. The highest BCUT2D eigenvalue weighted by atomic mass is 16.2. The molecule has 0 aliphatic rings. The monoisotopic (exact) mass is 356 g/mol. The molecule has 134 valence electrons. The molecule has 0 spiro atoms. The summed E-state index contributed by atoms with van der Waals surface area (Å²) >= 11 is 0. The SMILES string of the molecule is Cc1cccnc1CN(C)C(=O)c1ccc2nc(-c3ccccc3)cn2c1. The van der Waals surface area contributed by atoms with Crippen LogP contribution in [0.3, 0.4) is 0 Å². The van der Waals surface area contributed by atoms with Gasteiger partial charge in [0, 0.05) is 31.2 Å². The molecule has 0 atom stereocenters. The van der Waals surface area contributed by atoms with Gasteiger partial charge in [0.05, 0.1) is 23.5 Å². The molecule has 0 radical (unpaired) electrons. The molecule has 0 saturated heterocycles. The number of fused-ring (bicyclic) bond motifs is 1. The van der Waals surface area contributed by atoms with Crippen LogP contribution in [0.4, 0.5) is 0 Å². The normalized spacial score (nSPS) is 10.9. The molecule has 0 fully saturated rings. The van der Waals surface area contributed by atoms with Crippen LogP contribution < -0.4 is 0 Å². The molecule has 0 bridgehead atoms. The average molecular weight is 356 g/mol. The van der Waals surface area contributed by atoms with Crippen LogP contribution in [0.1, 0.15) is 21.6 Å². The van der Waals surface area contributed by atoms with Gasteiger partial charge in [-0.2, -0.15) is 0 Å².